The van der Waals surface area contributed by atoms with E-state index in [4.69, 9.17) is 11.6 Å². The van der Waals surface area contributed by atoms with E-state index < -0.39 is 6.10 Å². The molecular weight excluding hydrogens is 286 g/mol. The fourth-order valence-electron chi connectivity index (χ4n) is 2.95. The molecule has 0 aliphatic carbocycles. The molecule has 0 saturated heterocycles. The second-order valence-electron chi connectivity index (χ2n) is 5.56. The van der Waals surface area contributed by atoms with Crippen LogP contribution < -0.4 is 4.90 Å². The highest BCUT2D eigenvalue weighted by Gasteiger charge is 2.22. The van der Waals surface area contributed by atoms with Gasteiger partial charge in [-0.2, -0.15) is 5.10 Å². The molecule has 1 N–H and O–H groups in total. The maximum absolute atomic E-state index is 10.7. The summed E-state index contributed by atoms with van der Waals surface area (Å²) in [6, 6.07) is 6.14. The van der Waals surface area contributed by atoms with Crippen molar-refractivity contribution in [1.82, 2.24) is 9.78 Å². The maximum atomic E-state index is 10.7. The summed E-state index contributed by atoms with van der Waals surface area (Å²) in [5.74, 6) is 0. The Balaban J connectivity index is 1.96. The Kier molecular flexibility index (Phi) is 3.91. The van der Waals surface area contributed by atoms with Gasteiger partial charge in [-0.3, -0.25) is 4.68 Å². The molecule has 0 saturated carbocycles. The smallest absolute Gasteiger partial charge is 0.122 e. The van der Waals surface area contributed by atoms with E-state index in [1.807, 2.05) is 6.07 Å². The number of likely N-dealkylation sites (N-methyl/N-ethyl adjacent to an activating group) is 1. The molecule has 0 fully saturated rings. The summed E-state index contributed by atoms with van der Waals surface area (Å²) < 4.78 is 1.80. The van der Waals surface area contributed by atoms with Gasteiger partial charge in [0.2, 0.25) is 0 Å². The van der Waals surface area contributed by atoms with Crippen LogP contribution >= 0.6 is 11.6 Å². The molecule has 1 aliphatic rings. The summed E-state index contributed by atoms with van der Waals surface area (Å²) in [7, 11) is 2.09. The minimum Gasteiger partial charge on any atom is -0.382 e. The molecule has 1 aliphatic heterocycles. The normalized spacial score (nSPS) is 15.3. The Morgan fingerprint density at radius 2 is 2.24 bits per heavy atom. The second-order valence-corrected chi connectivity index (χ2v) is 5.97. The van der Waals surface area contributed by atoms with Crippen LogP contribution in [-0.2, 0) is 13.0 Å². The third-order valence-corrected chi connectivity index (χ3v) is 4.37. The number of nitrogens with zero attached hydrogens (tertiary/aromatic N) is 3. The summed E-state index contributed by atoms with van der Waals surface area (Å²) in [4.78, 5) is 2.24. The number of fused-ring (bicyclic) bond motifs is 1. The van der Waals surface area contributed by atoms with Crippen LogP contribution in [0.4, 0.5) is 5.69 Å². The van der Waals surface area contributed by atoms with Crippen LogP contribution in [0.3, 0.4) is 0 Å². The lowest BCUT2D eigenvalue weighted by Crippen LogP contribution is -2.12. The molecule has 0 bridgehead atoms. The number of aliphatic hydroxyl groups is 1. The minimum absolute atomic E-state index is 0.522. The van der Waals surface area contributed by atoms with Gasteiger partial charge in [-0.15, -0.1) is 0 Å². The van der Waals surface area contributed by atoms with Crippen LogP contribution in [-0.4, -0.2) is 28.5 Å². The Morgan fingerprint density at radius 3 is 3.00 bits per heavy atom. The fraction of sp³-hybridized carbons (Fsp3) is 0.438. The van der Waals surface area contributed by atoms with E-state index >= 15 is 0 Å². The van der Waals surface area contributed by atoms with E-state index in [1.54, 1.807) is 10.9 Å². The van der Waals surface area contributed by atoms with E-state index in [9.17, 15) is 5.11 Å². The average Bonchev–Trinajstić information content (AvgIpc) is 3.02. The van der Waals surface area contributed by atoms with E-state index in [0.29, 0.717) is 10.7 Å². The van der Waals surface area contributed by atoms with Crippen molar-refractivity contribution in [2.75, 3.05) is 18.5 Å². The third kappa shape index (κ3) is 2.54. The van der Waals surface area contributed by atoms with E-state index in [2.05, 4.69) is 36.1 Å². The molecule has 4 nitrogen and oxygen atoms in total. The first kappa shape index (κ1) is 14.4. The van der Waals surface area contributed by atoms with Gasteiger partial charge in [0.15, 0.2) is 0 Å². The van der Waals surface area contributed by atoms with Crippen LogP contribution in [0.5, 0.6) is 0 Å². The number of halogens is 1. The van der Waals surface area contributed by atoms with Crippen LogP contribution in [0.15, 0.2) is 24.4 Å². The van der Waals surface area contributed by atoms with E-state index in [-0.39, 0.29) is 0 Å². The Bertz CT molecular complexity index is 653. The molecule has 2 heterocycles. The monoisotopic (exact) mass is 305 g/mol. The maximum Gasteiger partial charge on any atom is 0.122 e. The molecule has 2 aromatic rings. The van der Waals surface area contributed by atoms with Crippen molar-refractivity contribution in [2.45, 2.75) is 32.4 Å². The van der Waals surface area contributed by atoms with E-state index in [1.165, 1.54) is 11.3 Å². The van der Waals surface area contributed by atoms with Crippen LogP contribution in [0.2, 0.25) is 5.02 Å². The first-order valence-electron chi connectivity index (χ1n) is 7.35. The number of hydrogen-bond donors (Lipinski definition) is 1. The summed E-state index contributed by atoms with van der Waals surface area (Å²) in [6.45, 7) is 3.87. The largest absolute Gasteiger partial charge is 0.382 e. The van der Waals surface area contributed by atoms with Crippen molar-refractivity contribution in [3.8, 4) is 0 Å². The fourth-order valence-corrected chi connectivity index (χ4v) is 3.19. The van der Waals surface area contributed by atoms with Gasteiger partial charge in [-0.25, -0.2) is 0 Å². The van der Waals surface area contributed by atoms with Crippen LogP contribution in [0.25, 0.3) is 0 Å². The number of aromatic nitrogens is 2. The minimum atomic E-state index is -0.734. The molecule has 112 valence electrons. The highest BCUT2D eigenvalue weighted by atomic mass is 35.5. The van der Waals surface area contributed by atoms with Gasteiger partial charge in [0.05, 0.1) is 16.9 Å². The van der Waals surface area contributed by atoms with Crippen molar-refractivity contribution < 1.29 is 5.11 Å². The lowest BCUT2D eigenvalue weighted by Gasteiger charge is -2.16. The summed E-state index contributed by atoms with van der Waals surface area (Å²) in [6.07, 6.45) is 2.85. The van der Waals surface area contributed by atoms with Crippen molar-refractivity contribution in [2.24, 2.45) is 0 Å². The Hall–Kier alpha value is -1.52. The van der Waals surface area contributed by atoms with Gasteiger partial charge in [-0.05, 0) is 30.0 Å². The lowest BCUT2D eigenvalue weighted by atomic mass is 10.0. The average molecular weight is 306 g/mol. The van der Waals surface area contributed by atoms with Gasteiger partial charge in [-0.1, -0.05) is 30.7 Å². The summed E-state index contributed by atoms with van der Waals surface area (Å²) in [5.41, 5.74) is 4.10. The molecule has 3 rings (SSSR count). The lowest BCUT2D eigenvalue weighted by molar-refractivity contribution is 0.207. The molecule has 5 heteroatoms. The first-order chi connectivity index (χ1) is 10.1. The Morgan fingerprint density at radius 1 is 1.43 bits per heavy atom. The topological polar surface area (TPSA) is 41.3 Å². The summed E-state index contributed by atoms with van der Waals surface area (Å²) in [5, 5.41) is 15.5. The number of aryl methyl sites for hydroxylation is 1. The number of anilines is 1. The molecule has 1 atom stereocenters. The predicted molar refractivity (Wildman–Crippen MR) is 85.0 cm³/mol. The number of aliphatic hydroxyl groups excluding tert-OH is 1. The zero-order valence-electron chi connectivity index (χ0n) is 12.4. The highest BCUT2D eigenvalue weighted by Crippen LogP contribution is 2.33. The standard InChI is InChI=1S/C16H20ClN3O/c1-3-7-20-15(13(17)10-18-20)16(21)12-4-5-14-11(9-12)6-8-19(14)2/h4-5,9-10,16,21H,3,6-8H2,1-2H3. The van der Waals surface area contributed by atoms with Gasteiger partial charge in [0, 0.05) is 25.8 Å². The number of benzene rings is 1. The molecule has 1 aromatic heterocycles. The zero-order valence-corrected chi connectivity index (χ0v) is 13.1. The van der Waals surface area contributed by atoms with Crippen LogP contribution in [0, 0.1) is 0 Å². The zero-order chi connectivity index (χ0) is 15.0. The SMILES string of the molecule is CCCn1ncc(Cl)c1C(O)c1ccc2c(c1)CCN2C. The highest BCUT2D eigenvalue weighted by molar-refractivity contribution is 6.31. The molecule has 0 radical (unpaired) electrons. The van der Waals surface area contributed by atoms with E-state index in [0.717, 1.165) is 31.5 Å². The van der Waals surface area contributed by atoms with Gasteiger partial charge >= 0.3 is 0 Å². The quantitative estimate of drug-likeness (QED) is 0.944. The van der Waals surface area contributed by atoms with Gasteiger partial charge < -0.3 is 10.0 Å². The Labute approximate surface area is 130 Å². The number of rotatable bonds is 4. The van der Waals surface area contributed by atoms with Crippen molar-refractivity contribution >= 4 is 17.3 Å². The molecular formula is C16H20ClN3O. The van der Waals surface area contributed by atoms with Crippen LogP contribution in [0.1, 0.15) is 36.3 Å². The van der Waals surface area contributed by atoms with Crippen molar-refractivity contribution in [1.29, 1.82) is 0 Å². The van der Waals surface area contributed by atoms with Crippen molar-refractivity contribution in [3.05, 3.63) is 46.2 Å². The molecule has 21 heavy (non-hydrogen) atoms. The molecule has 0 spiro atoms. The van der Waals surface area contributed by atoms with Gasteiger partial charge in [0.25, 0.3) is 0 Å². The molecule has 0 amide bonds. The summed E-state index contributed by atoms with van der Waals surface area (Å²) >= 11 is 6.21. The van der Waals surface area contributed by atoms with Gasteiger partial charge in [0.1, 0.15) is 6.10 Å². The first-order valence-corrected chi connectivity index (χ1v) is 7.72. The number of hydrogen-bond acceptors (Lipinski definition) is 3. The van der Waals surface area contributed by atoms with Crippen molar-refractivity contribution in [3.63, 3.8) is 0 Å². The molecule has 1 unspecified atom stereocenters. The third-order valence-electron chi connectivity index (χ3n) is 4.07. The predicted octanol–water partition coefficient (Wildman–Crippen LogP) is 3.02. The second kappa shape index (κ2) is 5.70. The molecule has 1 aromatic carbocycles.